The summed E-state index contributed by atoms with van der Waals surface area (Å²) >= 11 is 3.26. The molecule has 0 saturated carbocycles. The molecule has 0 bridgehead atoms. The number of hydrogen-bond acceptors (Lipinski definition) is 3. The van der Waals surface area contributed by atoms with Crippen molar-refractivity contribution in [3.63, 3.8) is 0 Å². The lowest BCUT2D eigenvalue weighted by atomic mass is 10.1. The summed E-state index contributed by atoms with van der Waals surface area (Å²) in [5, 5.41) is 15.9. The van der Waals surface area contributed by atoms with Crippen LogP contribution < -0.4 is 5.32 Å². The Kier molecular flexibility index (Phi) is 4.42. The van der Waals surface area contributed by atoms with Crippen LogP contribution in [0.4, 0.5) is 5.69 Å². The lowest BCUT2D eigenvalue weighted by Gasteiger charge is -2.08. The Morgan fingerprint density at radius 3 is 2.71 bits per heavy atom. The number of hydrogen-bond donors (Lipinski definition) is 2. The molecule has 0 unspecified atom stereocenters. The van der Waals surface area contributed by atoms with E-state index in [1.165, 1.54) is 12.1 Å². The summed E-state index contributed by atoms with van der Waals surface area (Å²) in [6.45, 7) is 1.93. The van der Waals surface area contributed by atoms with Crippen molar-refractivity contribution in [1.82, 2.24) is 9.78 Å². The predicted octanol–water partition coefficient (Wildman–Crippen LogP) is 2.70. The zero-order valence-corrected chi connectivity index (χ0v) is 13.1. The smallest absolute Gasteiger partial charge is 0.335 e. The Bertz CT molecular complexity index is 709. The van der Waals surface area contributed by atoms with Crippen molar-refractivity contribution >= 4 is 33.5 Å². The van der Waals surface area contributed by atoms with E-state index in [1.54, 1.807) is 24.0 Å². The van der Waals surface area contributed by atoms with Gasteiger partial charge in [-0.1, -0.05) is 6.92 Å². The summed E-state index contributed by atoms with van der Waals surface area (Å²) in [6.07, 6.45) is 2.32. The molecule has 0 saturated heterocycles. The highest BCUT2D eigenvalue weighted by Crippen LogP contribution is 2.24. The quantitative estimate of drug-likeness (QED) is 0.886. The van der Waals surface area contributed by atoms with Gasteiger partial charge < -0.3 is 10.4 Å². The number of carbonyl (C=O) groups excluding carboxylic acids is 1. The highest BCUT2D eigenvalue weighted by atomic mass is 79.9. The SMILES string of the molecule is CCc1nn(C)cc1C(=O)Nc1ccc(C(=O)O)cc1Br. The summed E-state index contributed by atoms with van der Waals surface area (Å²) in [6, 6.07) is 4.43. The van der Waals surface area contributed by atoms with E-state index in [2.05, 4.69) is 26.3 Å². The highest BCUT2D eigenvalue weighted by molar-refractivity contribution is 9.10. The molecule has 7 heteroatoms. The molecule has 1 heterocycles. The van der Waals surface area contributed by atoms with Gasteiger partial charge in [0.2, 0.25) is 0 Å². The van der Waals surface area contributed by atoms with E-state index in [9.17, 15) is 9.59 Å². The van der Waals surface area contributed by atoms with Crippen molar-refractivity contribution in [1.29, 1.82) is 0 Å². The molecule has 0 fully saturated rings. The first-order chi connectivity index (χ1) is 9.92. The molecule has 0 aliphatic rings. The minimum Gasteiger partial charge on any atom is -0.478 e. The molecule has 2 rings (SSSR count). The van der Waals surface area contributed by atoms with Crippen LogP contribution in [0.1, 0.15) is 33.3 Å². The van der Waals surface area contributed by atoms with Gasteiger partial charge in [-0.25, -0.2) is 4.79 Å². The maximum Gasteiger partial charge on any atom is 0.335 e. The zero-order valence-electron chi connectivity index (χ0n) is 11.6. The van der Waals surface area contributed by atoms with Crippen LogP contribution in [0, 0.1) is 0 Å². The summed E-state index contributed by atoms with van der Waals surface area (Å²) in [5.74, 6) is -1.29. The molecular weight excluding hydrogens is 338 g/mol. The number of carboxylic acid groups (broad SMARTS) is 1. The van der Waals surface area contributed by atoms with Gasteiger partial charge in [-0.05, 0) is 40.5 Å². The minimum absolute atomic E-state index is 0.149. The van der Waals surface area contributed by atoms with E-state index >= 15 is 0 Å². The Hall–Kier alpha value is -2.15. The van der Waals surface area contributed by atoms with E-state index in [-0.39, 0.29) is 11.5 Å². The second-order valence-electron chi connectivity index (χ2n) is 4.47. The molecule has 0 aliphatic heterocycles. The molecule has 0 atom stereocenters. The molecule has 6 nitrogen and oxygen atoms in total. The molecule has 0 spiro atoms. The fourth-order valence-electron chi connectivity index (χ4n) is 1.92. The summed E-state index contributed by atoms with van der Waals surface area (Å²) in [7, 11) is 1.76. The third-order valence-electron chi connectivity index (χ3n) is 2.95. The fourth-order valence-corrected chi connectivity index (χ4v) is 2.40. The number of nitrogens with one attached hydrogen (secondary N) is 1. The van der Waals surface area contributed by atoms with Crippen molar-refractivity contribution in [3.8, 4) is 0 Å². The summed E-state index contributed by atoms with van der Waals surface area (Å²) in [4.78, 5) is 23.2. The first-order valence-corrected chi connectivity index (χ1v) is 7.08. The second kappa shape index (κ2) is 6.09. The first-order valence-electron chi connectivity index (χ1n) is 6.29. The average molecular weight is 352 g/mol. The third kappa shape index (κ3) is 3.30. The predicted molar refractivity (Wildman–Crippen MR) is 81.6 cm³/mol. The average Bonchev–Trinajstić information content (AvgIpc) is 2.82. The molecule has 21 heavy (non-hydrogen) atoms. The molecule has 0 radical (unpaired) electrons. The second-order valence-corrected chi connectivity index (χ2v) is 5.32. The Balaban J connectivity index is 2.25. The molecule has 0 aliphatic carbocycles. The van der Waals surface area contributed by atoms with E-state index < -0.39 is 5.97 Å². The van der Waals surface area contributed by atoms with Crippen molar-refractivity contribution in [2.75, 3.05) is 5.32 Å². The van der Waals surface area contributed by atoms with E-state index in [0.717, 1.165) is 0 Å². The van der Waals surface area contributed by atoms with Crippen molar-refractivity contribution in [2.45, 2.75) is 13.3 Å². The van der Waals surface area contributed by atoms with Gasteiger partial charge in [0.15, 0.2) is 0 Å². The summed E-state index contributed by atoms with van der Waals surface area (Å²) < 4.78 is 2.11. The zero-order chi connectivity index (χ0) is 15.6. The number of halogens is 1. The van der Waals surface area contributed by atoms with Crippen LogP contribution in [0.15, 0.2) is 28.9 Å². The van der Waals surface area contributed by atoms with Crippen LogP contribution in [0.25, 0.3) is 0 Å². The van der Waals surface area contributed by atoms with Gasteiger partial charge in [0, 0.05) is 17.7 Å². The van der Waals surface area contributed by atoms with Crippen molar-refractivity contribution in [2.24, 2.45) is 7.05 Å². The van der Waals surface area contributed by atoms with Gasteiger partial charge in [-0.2, -0.15) is 5.10 Å². The van der Waals surface area contributed by atoms with Gasteiger partial charge in [-0.3, -0.25) is 9.48 Å². The number of amides is 1. The largest absolute Gasteiger partial charge is 0.478 e. The Morgan fingerprint density at radius 1 is 1.43 bits per heavy atom. The Morgan fingerprint density at radius 2 is 2.14 bits per heavy atom. The molecule has 2 N–H and O–H groups in total. The number of carboxylic acids is 1. The fraction of sp³-hybridized carbons (Fsp3) is 0.214. The van der Waals surface area contributed by atoms with Crippen molar-refractivity contribution < 1.29 is 14.7 Å². The van der Waals surface area contributed by atoms with Crippen LogP contribution in [0.5, 0.6) is 0 Å². The van der Waals surface area contributed by atoms with Gasteiger partial charge >= 0.3 is 5.97 Å². The minimum atomic E-state index is -1.02. The number of aryl methyl sites for hydroxylation is 2. The van der Waals surface area contributed by atoms with Crippen LogP contribution in [0.3, 0.4) is 0 Å². The lowest BCUT2D eigenvalue weighted by Crippen LogP contribution is -2.13. The number of benzene rings is 1. The molecule has 110 valence electrons. The Labute approximate surface area is 129 Å². The van der Waals surface area contributed by atoms with E-state index in [1.807, 2.05) is 6.92 Å². The van der Waals surface area contributed by atoms with Gasteiger partial charge in [0.25, 0.3) is 5.91 Å². The van der Waals surface area contributed by atoms with Crippen LogP contribution in [-0.2, 0) is 13.5 Å². The highest BCUT2D eigenvalue weighted by Gasteiger charge is 2.16. The molecule has 1 amide bonds. The standard InChI is InChI=1S/C14H14BrN3O3/c1-3-11-9(7-18(2)17-11)13(19)16-12-5-4-8(14(20)21)6-10(12)15/h4-7H,3H2,1-2H3,(H,16,19)(H,20,21). The van der Waals surface area contributed by atoms with Gasteiger partial charge in [0.1, 0.15) is 0 Å². The number of aromatic nitrogens is 2. The van der Waals surface area contributed by atoms with Crippen LogP contribution in [0.2, 0.25) is 0 Å². The van der Waals surface area contributed by atoms with E-state index in [0.29, 0.717) is 27.8 Å². The monoisotopic (exact) mass is 351 g/mol. The number of anilines is 1. The first kappa shape index (κ1) is 15.2. The molecule has 2 aromatic rings. The maximum absolute atomic E-state index is 12.3. The molecular formula is C14H14BrN3O3. The number of aromatic carboxylic acids is 1. The van der Waals surface area contributed by atoms with Gasteiger partial charge in [0.05, 0.1) is 22.5 Å². The number of rotatable bonds is 4. The number of nitrogens with zero attached hydrogens (tertiary/aromatic N) is 2. The lowest BCUT2D eigenvalue weighted by molar-refractivity contribution is 0.0696. The molecule has 1 aromatic carbocycles. The normalized spacial score (nSPS) is 10.4. The topological polar surface area (TPSA) is 84.2 Å². The number of carbonyl (C=O) groups is 2. The van der Waals surface area contributed by atoms with Crippen molar-refractivity contribution in [3.05, 3.63) is 45.7 Å². The molecule has 1 aromatic heterocycles. The van der Waals surface area contributed by atoms with E-state index in [4.69, 9.17) is 5.11 Å². The third-order valence-corrected chi connectivity index (χ3v) is 3.61. The van der Waals surface area contributed by atoms with Gasteiger partial charge in [-0.15, -0.1) is 0 Å². The summed E-state index contributed by atoms with van der Waals surface area (Å²) in [5.41, 5.74) is 1.88. The van der Waals surface area contributed by atoms with Crippen LogP contribution in [-0.4, -0.2) is 26.8 Å². The van der Waals surface area contributed by atoms with Crippen LogP contribution >= 0.6 is 15.9 Å². The maximum atomic E-state index is 12.3.